The van der Waals surface area contributed by atoms with Crippen molar-refractivity contribution in [2.75, 3.05) is 23.4 Å². The van der Waals surface area contributed by atoms with Crippen LogP contribution in [-0.2, 0) is 14.3 Å². The molecule has 0 saturated heterocycles. The summed E-state index contributed by atoms with van der Waals surface area (Å²) in [6, 6.07) is 7.09. The predicted octanol–water partition coefficient (Wildman–Crippen LogP) is 4.39. The average Bonchev–Trinajstić information content (AvgIpc) is 2.95. The van der Waals surface area contributed by atoms with Crippen LogP contribution in [0.1, 0.15) is 39.7 Å². The van der Waals surface area contributed by atoms with Crippen LogP contribution in [0.2, 0.25) is 5.02 Å². The SMILES string of the molecule is CC(=O)Nc1sc(C)c(C)c1C(=O)OCC(=O)N(CCC#N)c1ccc(Cl)c(C)c1. The van der Waals surface area contributed by atoms with Gasteiger partial charge in [0.1, 0.15) is 5.00 Å². The third-order valence-corrected chi connectivity index (χ3v) is 5.95. The molecule has 7 nitrogen and oxygen atoms in total. The normalized spacial score (nSPS) is 10.3. The number of benzene rings is 1. The molecule has 0 aliphatic rings. The number of nitriles is 1. The van der Waals surface area contributed by atoms with Crippen molar-refractivity contribution < 1.29 is 19.1 Å². The molecular formula is C21H22ClN3O4S. The van der Waals surface area contributed by atoms with Crippen molar-refractivity contribution in [3.63, 3.8) is 0 Å². The van der Waals surface area contributed by atoms with Gasteiger partial charge < -0.3 is 15.0 Å². The van der Waals surface area contributed by atoms with Gasteiger partial charge in [-0.15, -0.1) is 11.3 Å². The molecule has 1 aromatic heterocycles. The minimum atomic E-state index is -0.693. The summed E-state index contributed by atoms with van der Waals surface area (Å²) < 4.78 is 5.26. The second-order valence-corrected chi connectivity index (χ2v) is 8.26. The Hall–Kier alpha value is -2.89. The fraction of sp³-hybridized carbons (Fsp3) is 0.333. The van der Waals surface area contributed by atoms with E-state index in [1.165, 1.54) is 23.2 Å². The average molecular weight is 448 g/mol. The summed E-state index contributed by atoms with van der Waals surface area (Å²) in [6.45, 7) is 6.40. The Morgan fingerprint density at radius 3 is 2.57 bits per heavy atom. The number of carbonyl (C=O) groups is 3. The Balaban J connectivity index is 2.19. The molecule has 0 bridgehead atoms. The maximum absolute atomic E-state index is 12.8. The first-order valence-corrected chi connectivity index (χ1v) is 10.3. The van der Waals surface area contributed by atoms with Gasteiger partial charge in [0.2, 0.25) is 5.91 Å². The lowest BCUT2D eigenvalue weighted by Gasteiger charge is -2.22. The van der Waals surface area contributed by atoms with Gasteiger partial charge in [-0.25, -0.2) is 4.79 Å². The first kappa shape index (κ1) is 23.4. The van der Waals surface area contributed by atoms with Crippen LogP contribution in [0.3, 0.4) is 0 Å². The fourth-order valence-corrected chi connectivity index (χ4v) is 3.97. The summed E-state index contributed by atoms with van der Waals surface area (Å²) in [5.41, 5.74) is 2.28. The minimum absolute atomic E-state index is 0.122. The lowest BCUT2D eigenvalue weighted by Crippen LogP contribution is -2.35. The number of rotatable bonds is 7. The highest BCUT2D eigenvalue weighted by Gasteiger charge is 2.24. The molecule has 0 fully saturated rings. The number of ether oxygens (including phenoxy) is 1. The summed E-state index contributed by atoms with van der Waals surface area (Å²) in [5.74, 6) is -1.46. The number of anilines is 2. The zero-order valence-corrected chi connectivity index (χ0v) is 18.7. The number of amides is 2. The van der Waals surface area contributed by atoms with Gasteiger partial charge in [-0.1, -0.05) is 11.6 Å². The first-order valence-electron chi connectivity index (χ1n) is 9.13. The number of nitrogens with zero attached hydrogens (tertiary/aromatic N) is 2. The molecule has 2 aromatic rings. The molecule has 0 unspecified atom stereocenters. The van der Waals surface area contributed by atoms with E-state index in [4.69, 9.17) is 21.6 Å². The van der Waals surface area contributed by atoms with Crippen LogP contribution in [0.5, 0.6) is 0 Å². The molecule has 2 amide bonds. The number of hydrogen-bond donors (Lipinski definition) is 1. The standard InChI is InChI=1S/C21H22ClN3O4S/c1-12-10-16(6-7-17(12)22)25(9-5-8-23)18(27)11-29-21(28)19-13(2)14(3)30-20(19)24-15(4)26/h6-7,10H,5,9,11H2,1-4H3,(H,24,26). The van der Waals surface area contributed by atoms with Crippen molar-refractivity contribution in [1.29, 1.82) is 5.26 Å². The van der Waals surface area contributed by atoms with Crippen LogP contribution in [-0.4, -0.2) is 30.9 Å². The molecule has 0 radical (unpaired) electrons. The van der Waals surface area contributed by atoms with E-state index in [1.807, 2.05) is 19.9 Å². The number of esters is 1. The Morgan fingerprint density at radius 1 is 1.27 bits per heavy atom. The number of nitrogens with one attached hydrogen (secondary N) is 1. The molecule has 2 rings (SSSR count). The van der Waals surface area contributed by atoms with Gasteiger partial charge in [0.05, 0.1) is 18.1 Å². The van der Waals surface area contributed by atoms with Crippen LogP contribution >= 0.6 is 22.9 Å². The van der Waals surface area contributed by atoms with Crippen LogP contribution in [0.4, 0.5) is 10.7 Å². The molecule has 1 heterocycles. The van der Waals surface area contributed by atoms with Gasteiger partial charge in [-0.2, -0.15) is 5.26 Å². The molecule has 0 aliphatic heterocycles. The molecular weight excluding hydrogens is 426 g/mol. The Morgan fingerprint density at radius 2 is 1.97 bits per heavy atom. The lowest BCUT2D eigenvalue weighted by atomic mass is 10.1. The van der Waals surface area contributed by atoms with Crippen molar-refractivity contribution in [2.45, 2.75) is 34.1 Å². The number of thiophene rings is 1. The second kappa shape index (κ2) is 10.2. The molecule has 30 heavy (non-hydrogen) atoms. The summed E-state index contributed by atoms with van der Waals surface area (Å²) in [6.07, 6.45) is 0.122. The Labute approximate surface area is 184 Å². The molecule has 0 atom stereocenters. The largest absolute Gasteiger partial charge is 0.452 e. The predicted molar refractivity (Wildman–Crippen MR) is 117 cm³/mol. The molecule has 0 saturated carbocycles. The molecule has 0 aliphatic carbocycles. The van der Waals surface area contributed by atoms with Crippen molar-refractivity contribution in [1.82, 2.24) is 0 Å². The zero-order valence-electron chi connectivity index (χ0n) is 17.2. The highest BCUT2D eigenvalue weighted by atomic mass is 35.5. The lowest BCUT2D eigenvalue weighted by molar-refractivity contribution is -0.121. The van der Waals surface area contributed by atoms with Gasteiger partial charge in [0, 0.05) is 29.1 Å². The highest BCUT2D eigenvalue weighted by molar-refractivity contribution is 7.16. The topological polar surface area (TPSA) is 99.5 Å². The van der Waals surface area contributed by atoms with Crippen molar-refractivity contribution in [3.8, 4) is 6.07 Å². The van der Waals surface area contributed by atoms with Gasteiger partial charge >= 0.3 is 5.97 Å². The Kier molecular flexibility index (Phi) is 7.98. The fourth-order valence-electron chi connectivity index (χ4n) is 2.75. The van der Waals surface area contributed by atoms with Crippen molar-refractivity contribution >= 4 is 51.4 Å². The number of hydrogen-bond acceptors (Lipinski definition) is 6. The summed E-state index contributed by atoms with van der Waals surface area (Å²) in [4.78, 5) is 39.1. The van der Waals surface area contributed by atoms with E-state index < -0.39 is 18.5 Å². The summed E-state index contributed by atoms with van der Waals surface area (Å²) in [5, 5.41) is 12.5. The zero-order chi connectivity index (χ0) is 22.4. The molecule has 9 heteroatoms. The minimum Gasteiger partial charge on any atom is -0.452 e. The highest BCUT2D eigenvalue weighted by Crippen LogP contribution is 2.33. The van der Waals surface area contributed by atoms with E-state index in [0.717, 1.165) is 10.4 Å². The third-order valence-electron chi connectivity index (χ3n) is 4.41. The van der Waals surface area contributed by atoms with Crippen LogP contribution < -0.4 is 10.2 Å². The Bertz CT molecular complexity index is 1030. The number of carbonyl (C=O) groups excluding carboxylic acids is 3. The molecule has 158 valence electrons. The quantitative estimate of drug-likeness (QED) is 0.634. The molecule has 0 spiro atoms. The van der Waals surface area contributed by atoms with Crippen LogP contribution in [0, 0.1) is 32.1 Å². The number of halogens is 1. The summed E-state index contributed by atoms with van der Waals surface area (Å²) in [7, 11) is 0. The monoisotopic (exact) mass is 447 g/mol. The number of aryl methyl sites for hydroxylation is 2. The van der Waals surface area contributed by atoms with E-state index >= 15 is 0 Å². The molecule has 1 aromatic carbocycles. The van der Waals surface area contributed by atoms with Crippen molar-refractivity contribution in [3.05, 3.63) is 44.8 Å². The van der Waals surface area contributed by atoms with Gasteiger partial charge in [-0.3, -0.25) is 9.59 Å². The third kappa shape index (κ3) is 5.59. The maximum Gasteiger partial charge on any atom is 0.341 e. The van der Waals surface area contributed by atoms with E-state index in [9.17, 15) is 14.4 Å². The van der Waals surface area contributed by atoms with E-state index in [-0.39, 0.29) is 24.4 Å². The molecule has 1 N–H and O–H groups in total. The van der Waals surface area contributed by atoms with Gasteiger partial charge in [-0.05, 0) is 50.1 Å². The van der Waals surface area contributed by atoms with E-state index in [1.54, 1.807) is 25.1 Å². The van der Waals surface area contributed by atoms with Crippen LogP contribution in [0.15, 0.2) is 18.2 Å². The van der Waals surface area contributed by atoms with Gasteiger partial charge in [0.25, 0.3) is 5.91 Å². The van der Waals surface area contributed by atoms with Crippen molar-refractivity contribution in [2.24, 2.45) is 0 Å². The maximum atomic E-state index is 12.8. The summed E-state index contributed by atoms with van der Waals surface area (Å²) >= 11 is 7.33. The van der Waals surface area contributed by atoms with E-state index in [2.05, 4.69) is 5.32 Å². The van der Waals surface area contributed by atoms with E-state index in [0.29, 0.717) is 21.3 Å². The van der Waals surface area contributed by atoms with Gasteiger partial charge in [0.15, 0.2) is 6.61 Å². The van der Waals surface area contributed by atoms with Crippen LogP contribution in [0.25, 0.3) is 0 Å². The smallest absolute Gasteiger partial charge is 0.341 e. The second-order valence-electron chi connectivity index (χ2n) is 6.63. The first-order chi connectivity index (χ1) is 14.1.